The molecule has 15 heteroatoms. The fourth-order valence-electron chi connectivity index (χ4n) is 11.9. The number of β-amino-alcohol motifs (C(OH)–C–C–N with tert-alkyl or cyclic N) is 1. The maximum Gasteiger partial charge on any atom is 0.246 e. The Morgan fingerprint density at radius 3 is 2.32 bits per heavy atom. The van der Waals surface area contributed by atoms with E-state index in [0.717, 1.165) is 94.1 Å². The van der Waals surface area contributed by atoms with Crippen LogP contribution < -0.4 is 20.9 Å². The number of aromatic hydroxyl groups is 1. The number of nitrogens with one attached hydrogen (secondary N) is 3. The molecule has 3 aromatic rings. The number of piperazine rings is 1. The van der Waals surface area contributed by atoms with Crippen LogP contribution in [0.4, 0.5) is 11.5 Å². The number of anilines is 2. The zero-order chi connectivity index (χ0) is 49.0. The summed E-state index contributed by atoms with van der Waals surface area (Å²) in [7, 11) is 4.17. The summed E-state index contributed by atoms with van der Waals surface area (Å²) in [4.78, 5) is 53.3. The molecule has 5 fully saturated rings. The maximum atomic E-state index is 14.2. The summed E-state index contributed by atoms with van der Waals surface area (Å²) < 4.78 is 0. The number of nitrogens with zero attached hydrogens (tertiary/aromatic N) is 7. The van der Waals surface area contributed by atoms with Crippen molar-refractivity contribution in [2.75, 3.05) is 76.7 Å². The normalized spacial score (nSPS) is 26.3. The van der Waals surface area contributed by atoms with Gasteiger partial charge in [-0.3, -0.25) is 19.3 Å². The summed E-state index contributed by atoms with van der Waals surface area (Å²) >= 11 is 0. The topological polar surface area (TPSA) is 170 Å². The first-order valence-corrected chi connectivity index (χ1v) is 25.4. The van der Waals surface area contributed by atoms with Gasteiger partial charge in [-0.15, -0.1) is 16.6 Å². The van der Waals surface area contributed by atoms with E-state index in [4.69, 9.17) is 6.42 Å². The average molecular weight is 945 g/mol. The van der Waals surface area contributed by atoms with Crippen LogP contribution in [0.1, 0.15) is 96.6 Å². The molecule has 15 nitrogen and oxygen atoms in total. The van der Waals surface area contributed by atoms with E-state index in [1.165, 1.54) is 30.6 Å². The lowest BCUT2D eigenvalue weighted by Gasteiger charge is -2.56. The van der Waals surface area contributed by atoms with Gasteiger partial charge in [0.1, 0.15) is 17.8 Å². The summed E-state index contributed by atoms with van der Waals surface area (Å²) in [6, 6.07) is 16.5. The first kappa shape index (κ1) is 50.1. The van der Waals surface area contributed by atoms with E-state index in [1.807, 2.05) is 76.3 Å². The number of phenols is 1. The van der Waals surface area contributed by atoms with Crippen molar-refractivity contribution in [1.82, 2.24) is 40.4 Å². The highest BCUT2D eigenvalue weighted by atomic mass is 16.3. The highest BCUT2D eigenvalue weighted by Gasteiger charge is 2.50. The Hall–Kier alpha value is -5.27. The van der Waals surface area contributed by atoms with Crippen molar-refractivity contribution in [2.45, 2.75) is 128 Å². The van der Waals surface area contributed by atoms with Crippen LogP contribution in [0.2, 0.25) is 0 Å². The minimum atomic E-state index is -0.830. The second kappa shape index (κ2) is 21.4. The first-order valence-electron chi connectivity index (χ1n) is 25.4. The monoisotopic (exact) mass is 945 g/mol. The molecule has 2 saturated carbocycles. The third-order valence-electron chi connectivity index (χ3n) is 16.2. The van der Waals surface area contributed by atoms with Crippen molar-refractivity contribution in [2.24, 2.45) is 16.7 Å². The second-order valence-electron chi connectivity index (χ2n) is 21.9. The number of piperidine rings is 1. The summed E-state index contributed by atoms with van der Waals surface area (Å²) in [5, 5.41) is 39.3. The van der Waals surface area contributed by atoms with Crippen LogP contribution in [0.25, 0.3) is 11.3 Å². The Morgan fingerprint density at radius 2 is 1.67 bits per heavy atom. The maximum absolute atomic E-state index is 14.2. The SMILES string of the molecule is C#Cc1ccc(CNC(=O)[C@@H]2C[C@@H](O)CN2C(=O)[C@@H](NC(=O)C2CCC3(CC2)CC(N2CCC(N(C)CCN4CCN(c5cc(-c6ccccc6O)nnc5NC)[C@@H](C)C4)CC2)C3)C(C)(C)C)cc1. The third-order valence-corrected chi connectivity index (χ3v) is 16.2. The van der Waals surface area contributed by atoms with Gasteiger partial charge in [0.25, 0.3) is 0 Å². The minimum absolute atomic E-state index is 0.0482. The molecule has 69 heavy (non-hydrogen) atoms. The predicted octanol–water partition coefficient (Wildman–Crippen LogP) is 4.93. The van der Waals surface area contributed by atoms with Gasteiger partial charge in [0, 0.05) is 94.5 Å². The molecule has 1 spiro atoms. The van der Waals surface area contributed by atoms with E-state index in [0.29, 0.717) is 34.8 Å². The molecule has 372 valence electrons. The fraction of sp³-hybridized carbons (Fsp3) is 0.611. The van der Waals surface area contributed by atoms with E-state index >= 15 is 0 Å². The number of para-hydroxylation sites is 1. The van der Waals surface area contributed by atoms with Crippen molar-refractivity contribution in [1.29, 1.82) is 0 Å². The van der Waals surface area contributed by atoms with Crippen molar-refractivity contribution in [3.63, 3.8) is 0 Å². The Kier molecular flexibility index (Phi) is 15.5. The summed E-state index contributed by atoms with van der Waals surface area (Å²) in [6.45, 7) is 15.6. The number of aliphatic hydroxyl groups excluding tert-OH is 1. The Bertz CT molecular complexity index is 2310. The van der Waals surface area contributed by atoms with Crippen LogP contribution in [-0.4, -0.2) is 160 Å². The van der Waals surface area contributed by atoms with Crippen molar-refractivity contribution in [3.8, 4) is 29.4 Å². The molecular formula is C54H76N10O5. The number of carbonyl (C=O) groups is 3. The number of carbonyl (C=O) groups excluding carboxylic acids is 3. The van der Waals surface area contributed by atoms with Gasteiger partial charge in [-0.05, 0) is 125 Å². The van der Waals surface area contributed by atoms with Crippen molar-refractivity contribution in [3.05, 3.63) is 65.7 Å². The lowest BCUT2D eigenvalue weighted by molar-refractivity contribution is -0.145. The van der Waals surface area contributed by atoms with Gasteiger partial charge < -0.3 is 45.8 Å². The van der Waals surface area contributed by atoms with E-state index in [1.54, 1.807) is 6.07 Å². The van der Waals surface area contributed by atoms with Gasteiger partial charge in [-0.1, -0.05) is 51.0 Å². The van der Waals surface area contributed by atoms with Gasteiger partial charge in [0.2, 0.25) is 17.7 Å². The number of benzene rings is 2. The number of hydrogen-bond acceptors (Lipinski definition) is 12. The number of amides is 3. The molecule has 3 amide bonds. The van der Waals surface area contributed by atoms with Crippen LogP contribution in [0, 0.1) is 29.1 Å². The summed E-state index contributed by atoms with van der Waals surface area (Å²) in [5.41, 5.74) is 3.69. The standard InChI is InChI=1S/C54H76N10O5/c1-8-37-13-15-38(16-14-37)33-56-51(68)46-29-42(65)35-64(46)52(69)48(53(3,4)5)57-50(67)39-17-21-54(22-18-39)31-41(32-54)62-23-19-40(20-24-62)60(7)25-26-61-27-28-63(36(2)34-61)45-30-44(58-59-49(45)55-6)43-11-9-10-12-47(43)66/h1,9-16,30,36,39-42,46,48,65-66H,17-29,31-35H2,2-7H3,(H,55,59)(H,56,68)(H,57,67)/t36-,39?,41?,42+,46-,48+,54?/m0/s1. The molecule has 0 unspecified atom stereocenters. The number of rotatable bonds is 14. The third kappa shape index (κ3) is 11.5. The zero-order valence-electron chi connectivity index (χ0n) is 41.8. The number of likely N-dealkylation sites (N-methyl/N-ethyl adjacent to an activating group) is 1. The van der Waals surface area contributed by atoms with Crippen LogP contribution in [0.5, 0.6) is 5.75 Å². The molecule has 8 rings (SSSR count). The van der Waals surface area contributed by atoms with Crippen LogP contribution >= 0.6 is 0 Å². The van der Waals surface area contributed by atoms with E-state index in [9.17, 15) is 24.6 Å². The average Bonchev–Trinajstić information content (AvgIpc) is 3.74. The quantitative estimate of drug-likeness (QED) is 0.139. The molecule has 2 aliphatic carbocycles. The molecule has 3 aliphatic heterocycles. The molecule has 0 bridgehead atoms. The number of phenolic OH excluding ortho intramolecular Hbond substituents is 1. The van der Waals surface area contributed by atoms with Crippen LogP contribution in [0.15, 0.2) is 54.6 Å². The van der Waals surface area contributed by atoms with Crippen molar-refractivity contribution < 1.29 is 24.6 Å². The minimum Gasteiger partial charge on any atom is -0.507 e. The molecule has 4 heterocycles. The number of aliphatic hydroxyl groups is 1. The smallest absolute Gasteiger partial charge is 0.246 e. The second-order valence-corrected chi connectivity index (χ2v) is 21.9. The highest BCUT2D eigenvalue weighted by molar-refractivity contribution is 5.93. The summed E-state index contributed by atoms with van der Waals surface area (Å²) in [5.74, 6) is 2.64. The zero-order valence-corrected chi connectivity index (χ0v) is 41.8. The lowest BCUT2D eigenvalue weighted by Crippen LogP contribution is -2.59. The molecular weight excluding hydrogens is 869 g/mol. The van der Waals surface area contributed by atoms with Gasteiger partial charge in [-0.25, -0.2) is 0 Å². The van der Waals surface area contributed by atoms with E-state index < -0.39 is 23.6 Å². The van der Waals surface area contributed by atoms with Crippen molar-refractivity contribution >= 4 is 29.2 Å². The van der Waals surface area contributed by atoms with Gasteiger partial charge in [0.15, 0.2) is 5.82 Å². The van der Waals surface area contributed by atoms with E-state index in [2.05, 4.69) is 65.6 Å². The largest absolute Gasteiger partial charge is 0.507 e. The first-order chi connectivity index (χ1) is 33.0. The lowest BCUT2D eigenvalue weighted by atomic mass is 9.56. The molecule has 2 aromatic carbocycles. The molecule has 5 N–H and O–H groups in total. The van der Waals surface area contributed by atoms with Crippen LogP contribution in [0.3, 0.4) is 0 Å². The summed E-state index contributed by atoms with van der Waals surface area (Å²) in [6.07, 6.45) is 13.3. The Morgan fingerprint density at radius 1 is 0.957 bits per heavy atom. The van der Waals surface area contributed by atoms with Gasteiger partial charge in [-0.2, -0.15) is 0 Å². The molecule has 5 aliphatic rings. The molecule has 3 saturated heterocycles. The van der Waals surface area contributed by atoms with Gasteiger partial charge >= 0.3 is 0 Å². The molecule has 0 radical (unpaired) electrons. The van der Waals surface area contributed by atoms with Crippen LogP contribution in [-0.2, 0) is 20.9 Å². The molecule has 1 aromatic heterocycles. The fourth-order valence-corrected chi connectivity index (χ4v) is 11.9. The number of terminal acetylenes is 1. The highest BCUT2D eigenvalue weighted by Crippen LogP contribution is 2.54. The Balaban J connectivity index is 0.750. The molecule has 4 atom stereocenters. The number of likely N-dealkylation sites (tertiary alicyclic amines) is 2. The predicted molar refractivity (Wildman–Crippen MR) is 270 cm³/mol. The van der Waals surface area contributed by atoms with E-state index in [-0.39, 0.29) is 48.9 Å². The van der Waals surface area contributed by atoms with Gasteiger partial charge in [0.05, 0.1) is 17.5 Å². The number of hydrogen-bond donors (Lipinski definition) is 5. The number of aromatic nitrogens is 2. The Labute approximate surface area is 409 Å².